The van der Waals surface area contributed by atoms with E-state index in [1.807, 2.05) is 5.57 Å². The highest BCUT2D eigenvalue weighted by molar-refractivity contribution is 5.67. The van der Waals surface area contributed by atoms with Gasteiger partial charge in [-0.2, -0.15) is 0 Å². The van der Waals surface area contributed by atoms with E-state index < -0.39 is 5.97 Å². The lowest BCUT2D eigenvalue weighted by Crippen LogP contribution is -2.56. The Hall–Kier alpha value is -0.830. The monoisotopic (exact) mass is 413 g/mol. The molecule has 0 aromatic carbocycles. The van der Waals surface area contributed by atoms with Crippen molar-refractivity contribution in [3.05, 3.63) is 11.6 Å². The fraction of sp³-hybridized carbons (Fsp3) is 0.889. The number of piperidine rings is 1. The summed E-state index contributed by atoms with van der Waals surface area (Å²) in [5.41, 5.74) is 2.70. The number of carboxylic acid groups (broad SMARTS) is 1. The maximum atomic E-state index is 11.3. The van der Waals surface area contributed by atoms with E-state index in [1.54, 1.807) is 0 Å². The molecule has 1 aliphatic heterocycles. The molecule has 168 valence electrons. The first-order valence-corrected chi connectivity index (χ1v) is 13.0. The van der Waals surface area contributed by atoms with E-state index in [9.17, 15) is 9.90 Å². The molecular formula is C27H43NO2. The van der Waals surface area contributed by atoms with Gasteiger partial charge in [0.25, 0.3) is 0 Å². The van der Waals surface area contributed by atoms with Gasteiger partial charge < -0.3 is 10.4 Å². The van der Waals surface area contributed by atoms with Crippen molar-refractivity contribution in [3.8, 4) is 0 Å². The topological polar surface area (TPSA) is 49.3 Å². The number of hydrogen-bond acceptors (Lipinski definition) is 2. The minimum atomic E-state index is -0.597. The van der Waals surface area contributed by atoms with Gasteiger partial charge in [-0.25, -0.2) is 0 Å². The van der Waals surface area contributed by atoms with Gasteiger partial charge in [0, 0.05) is 13.0 Å². The molecule has 2 unspecified atom stereocenters. The van der Waals surface area contributed by atoms with Crippen LogP contribution < -0.4 is 5.32 Å². The van der Waals surface area contributed by atoms with E-state index in [1.165, 1.54) is 58.0 Å². The molecule has 0 radical (unpaired) electrons. The second-order valence-corrected chi connectivity index (χ2v) is 12.3. The van der Waals surface area contributed by atoms with Gasteiger partial charge in [-0.15, -0.1) is 0 Å². The molecule has 0 amide bonds. The third kappa shape index (κ3) is 3.21. The van der Waals surface area contributed by atoms with Crippen LogP contribution in [0.2, 0.25) is 0 Å². The summed E-state index contributed by atoms with van der Waals surface area (Å²) >= 11 is 0. The molecule has 0 bridgehead atoms. The molecule has 4 aliphatic carbocycles. The van der Waals surface area contributed by atoms with Crippen LogP contribution in [0.15, 0.2) is 11.6 Å². The van der Waals surface area contributed by atoms with Crippen LogP contribution in [0.4, 0.5) is 0 Å². The molecule has 5 rings (SSSR count). The van der Waals surface area contributed by atoms with E-state index in [0.717, 1.165) is 48.3 Å². The van der Waals surface area contributed by atoms with Crippen molar-refractivity contribution >= 4 is 5.97 Å². The van der Waals surface area contributed by atoms with Gasteiger partial charge in [-0.05, 0) is 117 Å². The number of hydrogen-bond donors (Lipinski definition) is 2. The fourth-order valence-electron chi connectivity index (χ4n) is 9.51. The predicted octanol–water partition coefficient (Wildman–Crippen LogP) is 5.90. The number of carbonyl (C=O) groups is 1. The molecule has 2 N–H and O–H groups in total. The first-order chi connectivity index (χ1) is 14.3. The van der Waals surface area contributed by atoms with Crippen molar-refractivity contribution in [1.82, 2.24) is 5.32 Å². The normalized spacial score (nSPS) is 50.8. The zero-order valence-corrected chi connectivity index (χ0v) is 19.5. The number of aliphatic carboxylic acids is 1. The van der Waals surface area contributed by atoms with E-state index >= 15 is 0 Å². The van der Waals surface area contributed by atoms with Crippen LogP contribution in [0.1, 0.15) is 85.0 Å². The van der Waals surface area contributed by atoms with Crippen LogP contribution in [0.5, 0.6) is 0 Å². The van der Waals surface area contributed by atoms with Crippen molar-refractivity contribution in [2.24, 2.45) is 52.3 Å². The largest absolute Gasteiger partial charge is 0.481 e. The third-order valence-electron chi connectivity index (χ3n) is 11.0. The van der Waals surface area contributed by atoms with Crippen molar-refractivity contribution in [2.45, 2.75) is 85.0 Å². The van der Waals surface area contributed by atoms with Gasteiger partial charge in [0.05, 0.1) is 0 Å². The minimum absolute atomic E-state index is 0.387. The molecule has 3 nitrogen and oxygen atoms in total. The summed E-state index contributed by atoms with van der Waals surface area (Å²) in [6.45, 7) is 10.2. The number of carboxylic acids is 1. The summed E-state index contributed by atoms with van der Waals surface area (Å²) in [6.07, 6.45) is 14.8. The summed E-state index contributed by atoms with van der Waals surface area (Å²) in [4.78, 5) is 11.3. The predicted molar refractivity (Wildman–Crippen MR) is 121 cm³/mol. The summed E-state index contributed by atoms with van der Waals surface area (Å²) in [5.74, 6) is 4.69. The van der Waals surface area contributed by atoms with Crippen LogP contribution in [-0.4, -0.2) is 24.2 Å². The van der Waals surface area contributed by atoms with E-state index in [-0.39, 0.29) is 0 Å². The Morgan fingerprint density at radius 1 is 1.17 bits per heavy atom. The van der Waals surface area contributed by atoms with E-state index in [4.69, 9.17) is 0 Å². The van der Waals surface area contributed by atoms with Crippen LogP contribution in [0, 0.1) is 52.3 Å². The van der Waals surface area contributed by atoms with Crippen molar-refractivity contribution in [3.63, 3.8) is 0 Å². The first-order valence-electron chi connectivity index (χ1n) is 13.0. The zero-order valence-electron chi connectivity index (χ0n) is 19.5. The number of rotatable bonds is 3. The van der Waals surface area contributed by atoms with Gasteiger partial charge in [0.15, 0.2) is 0 Å². The Balaban J connectivity index is 1.37. The summed E-state index contributed by atoms with van der Waals surface area (Å²) in [5, 5.41) is 13.0. The Kier molecular flexibility index (Phi) is 5.36. The summed E-state index contributed by atoms with van der Waals surface area (Å²) in [7, 11) is 0. The Labute approximate surface area is 183 Å². The lowest BCUT2D eigenvalue weighted by molar-refractivity contribution is -0.145. The maximum Gasteiger partial charge on any atom is 0.303 e. The highest BCUT2D eigenvalue weighted by Crippen LogP contribution is 2.68. The van der Waals surface area contributed by atoms with Gasteiger partial charge >= 0.3 is 5.97 Å². The van der Waals surface area contributed by atoms with Gasteiger partial charge in [-0.1, -0.05) is 32.4 Å². The molecule has 3 saturated carbocycles. The van der Waals surface area contributed by atoms with Crippen LogP contribution >= 0.6 is 0 Å². The van der Waals surface area contributed by atoms with E-state index in [0.29, 0.717) is 23.2 Å². The smallest absolute Gasteiger partial charge is 0.303 e. The van der Waals surface area contributed by atoms with Crippen molar-refractivity contribution < 1.29 is 9.90 Å². The Morgan fingerprint density at radius 3 is 2.73 bits per heavy atom. The third-order valence-corrected chi connectivity index (χ3v) is 11.0. The molecule has 0 aromatic heterocycles. The summed E-state index contributed by atoms with van der Waals surface area (Å²) in [6, 6.07) is 0. The van der Waals surface area contributed by atoms with E-state index in [2.05, 4.69) is 32.2 Å². The molecule has 3 heteroatoms. The number of allylic oxidation sites excluding steroid dienone is 1. The SMILES string of the molecule is C[C@H]1CC2C[C@@H](CC(=O)O)CC[C@]2(C)[C@H]2CC[C@]3(C)C(C4CCCNC4)=CC[C@H]3[C@H]12. The lowest BCUT2D eigenvalue weighted by atomic mass is 9.42. The fourth-order valence-corrected chi connectivity index (χ4v) is 9.51. The van der Waals surface area contributed by atoms with Gasteiger partial charge in [-0.3, -0.25) is 4.79 Å². The van der Waals surface area contributed by atoms with Gasteiger partial charge in [0.1, 0.15) is 0 Å². The van der Waals surface area contributed by atoms with Crippen molar-refractivity contribution in [1.29, 1.82) is 0 Å². The lowest BCUT2D eigenvalue weighted by Gasteiger charge is -2.63. The first kappa shape index (κ1) is 21.0. The average Bonchev–Trinajstić information content (AvgIpc) is 3.06. The average molecular weight is 414 g/mol. The molecule has 30 heavy (non-hydrogen) atoms. The van der Waals surface area contributed by atoms with Crippen LogP contribution in [0.25, 0.3) is 0 Å². The zero-order chi connectivity index (χ0) is 21.1. The molecule has 0 spiro atoms. The highest BCUT2D eigenvalue weighted by atomic mass is 16.4. The summed E-state index contributed by atoms with van der Waals surface area (Å²) < 4.78 is 0. The second kappa shape index (κ2) is 7.64. The van der Waals surface area contributed by atoms with Crippen LogP contribution in [0.3, 0.4) is 0 Å². The molecule has 1 heterocycles. The highest BCUT2D eigenvalue weighted by Gasteiger charge is 2.60. The molecule has 4 fully saturated rings. The molecular weight excluding hydrogens is 370 g/mol. The second-order valence-electron chi connectivity index (χ2n) is 12.3. The van der Waals surface area contributed by atoms with Crippen LogP contribution in [-0.2, 0) is 4.79 Å². The maximum absolute atomic E-state index is 11.3. The Bertz CT molecular complexity index is 710. The van der Waals surface area contributed by atoms with Crippen molar-refractivity contribution in [2.75, 3.05) is 13.1 Å². The molecule has 9 atom stereocenters. The van der Waals surface area contributed by atoms with Gasteiger partial charge in [0.2, 0.25) is 0 Å². The quantitative estimate of drug-likeness (QED) is 0.566. The molecule has 5 aliphatic rings. The molecule has 1 saturated heterocycles. The number of nitrogens with one attached hydrogen (secondary N) is 1. The minimum Gasteiger partial charge on any atom is -0.481 e. The standard InChI is InChI=1S/C27H43NO2/c1-17-13-20-14-18(15-24(29)30)8-10-26(20,2)23-9-11-27(3)21(6-7-22(27)25(17)23)19-5-4-12-28-16-19/h6,17-20,22-23,25,28H,4-5,7-16H2,1-3H3,(H,29,30)/t17-,18-,19?,20?,22-,23-,25-,26-,27+/m0/s1. The Morgan fingerprint density at radius 2 is 2.00 bits per heavy atom. The molecule has 0 aromatic rings. The number of fused-ring (bicyclic) bond motifs is 5.